The summed E-state index contributed by atoms with van der Waals surface area (Å²) in [4.78, 5) is 18.8. The van der Waals surface area contributed by atoms with Gasteiger partial charge in [-0.1, -0.05) is 18.7 Å². The number of hydrogen-bond acceptors (Lipinski definition) is 4. The van der Waals surface area contributed by atoms with Crippen LogP contribution in [0.4, 0.5) is 11.5 Å². The van der Waals surface area contributed by atoms with Crippen LogP contribution in [0.15, 0.2) is 48.5 Å². The van der Waals surface area contributed by atoms with Crippen LogP contribution in [0.1, 0.15) is 34.5 Å². The van der Waals surface area contributed by atoms with Crippen LogP contribution >= 0.6 is 0 Å². The lowest BCUT2D eigenvalue weighted by atomic mass is 10.0. The van der Waals surface area contributed by atoms with Crippen molar-refractivity contribution < 1.29 is 9.53 Å². The second-order valence-electron chi connectivity index (χ2n) is 7.78. The van der Waals surface area contributed by atoms with Gasteiger partial charge in [-0.3, -0.25) is 4.79 Å². The summed E-state index contributed by atoms with van der Waals surface area (Å²) in [6, 6.07) is 15.2. The van der Waals surface area contributed by atoms with E-state index in [9.17, 15) is 4.79 Å². The molecule has 7 heteroatoms. The summed E-state index contributed by atoms with van der Waals surface area (Å²) in [7, 11) is 1.60. The van der Waals surface area contributed by atoms with E-state index in [1.165, 1.54) is 0 Å². The molecule has 1 aliphatic carbocycles. The number of methoxy groups -OCH3 is 1. The third kappa shape index (κ3) is 2.85. The Balaban J connectivity index is 1.53. The molecule has 0 atom stereocenters. The second kappa shape index (κ2) is 6.71. The van der Waals surface area contributed by atoms with E-state index in [0.717, 1.165) is 24.1 Å². The zero-order valence-corrected chi connectivity index (χ0v) is 16.6. The fourth-order valence-corrected chi connectivity index (χ4v) is 3.98. The summed E-state index contributed by atoms with van der Waals surface area (Å²) >= 11 is 0. The molecule has 0 spiro atoms. The number of anilines is 1. The van der Waals surface area contributed by atoms with Crippen LogP contribution in [0.3, 0.4) is 0 Å². The van der Waals surface area contributed by atoms with Gasteiger partial charge in [-0.25, -0.2) is 0 Å². The molecule has 0 saturated heterocycles. The van der Waals surface area contributed by atoms with Gasteiger partial charge in [0.25, 0.3) is 11.7 Å². The molecule has 30 heavy (non-hydrogen) atoms. The monoisotopic (exact) mass is 399 g/mol. The van der Waals surface area contributed by atoms with Crippen LogP contribution < -0.4 is 15.4 Å². The molecule has 0 bridgehead atoms. The Bertz CT molecular complexity index is 1170. The molecule has 1 aromatic heterocycles. The van der Waals surface area contributed by atoms with Gasteiger partial charge in [0.1, 0.15) is 11.4 Å². The minimum atomic E-state index is -0.199. The molecule has 7 nitrogen and oxygen atoms in total. The molecule has 150 valence electrons. The van der Waals surface area contributed by atoms with Gasteiger partial charge in [0.15, 0.2) is 0 Å². The zero-order chi connectivity index (χ0) is 20.9. The average molecular weight is 399 g/mol. The van der Waals surface area contributed by atoms with Crippen LogP contribution in [0.25, 0.3) is 10.5 Å². The topological polar surface area (TPSA) is 77.7 Å². The van der Waals surface area contributed by atoms with E-state index in [1.807, 2.05) is 48.5 Å². The average Bonchev–Trinajstić information content (AvgIpc) is 3.42. The highest BCUT2D eigenvalue weighted by Crippen LogP contribution is 2.43. The van der Waals surface area contributed by atoms with Gasteiger partial charge in [0.2, 0.25) is 0 Å². The van der Waals surface area contributed by atoms with E-state index in [4.69, 9.17) is 17.0 Å². The smallest absolute Gasteiger partial charge is 0.300 e. The predicted molar refractivity (Wildman–Crippen MR) is 113 cm³/mol. The maximum absolute atomic E-state index is 13.5. The third-order valence-corrected chi connectivity index (χ3v) is 5.96. The van der Waals surface area contributed by atoms with E-state index in [0.29, 0.717) is 35.7 Å². The summed E-state index contributed by atoms with van der Waals surface area (Å²) in [6.07, 6.45) is 2.58. The van der Waals surface area contributed by atoms with Crippen molar-refractivity contribution in [2.24, 2.45) is 5.73 Å². The van der Waals surface area contributed by atoms with E-state index in [1.54, 1.807) is 16.7 Å². The molecule has 2 N–H and O–H groups in total. The van der Waals surface area contributed by atoms with Crippen LogP contribution in [0, 0.1) is 6.57 Å². The number of ether oxygens (including phenoxy) is 1. The van der Waals surface area contributed by atoms with Gasteiger partial charge in [0.05, 0.1) is 12.8 Å². The van der Waals surface area contributed by atoms with Crippen molar-refractivity contribution in [3.63, 3.8) is 0 Å². The van der Waals surface area contributed by atoms with Crippen molar-refractivity contribution >= 4 is 17.4 Å². The highest BCUT2D eigenvalue weighted by Gasteiger charge is 2.40. The van der Waals surface area contributed by atoms with Crippen molar-refractivity contribution in [2.45, 2.75) is 24.8 Å². The number of aromatic nitrogens is 2. The third-order valence-electron chi connectivity index (χ3n) is 5.96. The Morgan fingerprint density at radius 1 is 1.10 bits per heavy atom. The Morgan fingerprint density at radius 2 is 1.77 bits per heavy atom. The van der Waals surface area contributed by atoms with E-state index in [2.05, 4.69) is 9.94 Å². The Labute approximate surface area is 174 Å². The molecular formula is C23H21N5O2. The molecule has 2 heterocycles. The Hall–Kier alpha value is -3.63. The lowest BCUT2D eigenvalue weighted by Crippen LogP contribution is -2.38. The fraction of sp³-hybridized carbons (Fsp3) is 0.261. The molecule has 1 fully saturated rings. The number of fused-ring (bicyclic) bond motifs is 1. The largest absolute Gasteiger partial charge is 0.497 e. The van der Waals surface area contributed by atoms with E-state index < -0.39 is 0 Å². The highest BCUT2D eigenvalue weighted by atomic mass is 16.5. The van der Waals surface area contributed by atoms with Crippen LogP contribution in [-0.2, 0) is 12.0 Å². The lowest BCUT2D eigenvalue weighted by molar-refractivity contribution is 0.0973. The Morgan fingerprint density at radius 3 is 2.37 bits per heavy atom. The molecule has 1 saturated carbocycles. The van der Waals surface area contributed by atoms with Gasteiger partial charge in [-0.2, -0.15) is 4.68 Å². The predicted octanol–water partition coefficient (Wildman–Crippen LogP) is 3.58. The van der Waals surface area contributed by atoms with E-state index >= 15 is 0 Å². The highest BCUT2D eigenvalue weighted by molar-refractivity contribution is 6.08. The molecule has 5 rings (SSSR count). The number of amides is 1. The number of carbonyl (C=O) groups is 1. The van der Waals surface area contributed by atoms with Crippen molar-refractivity contribution in [1.29, 1.82) is 0 Å². The first-order chi connectivity index (χ1) is 14.5. The molecule has 2 aromatic carbocycles. The number of nitrogens with zero attached hydrogens (tertiary/aromatic N) is 4. The summed E-state index contributed by atoms with van der Waals surface area (Å²) < 4.78 is 6.79. The number of carbonyl (C=O) groups excluding carboxylic acids is 1. The molecule has 3 aromatic rings. The normalized spacial score (nSPS) is 16.7. The van der Waals surface area contributed by atoms with Gasteiger partial charge in [-0.05, 0) is 66.3 Å². The summed E-state index contributed by atoms with van der Waals surface area (Å²) in [6.45, 7) is 7.99. The first kappa shape index (κ1) is 18.4. The zero-order valence-electron chi connectivity index (χ0n) is 16.6. The van der Waals surface area contributed by atoms with Crippen molar-refractivity contribution in [2.75, 3.05) is 18.6 Å². The van der Waals surface area contributed by atoms with Crippen LogP contribution in [0.5, 0.6) is 5.75 Å². The fourth-order valence-electron chi connectivity index (χ4n) is 3.98. The number of nitrogens with two attached hydrogens (primary N) is 1. The first-order valence-electron chi connectivity index (χ1n) is 9.89. The molecule has 0 radical (unpaired) electrons. The number of hydrogen-bond donors (Lipinski definition) is 1. The molecule has 2 aliphatic rings. The maximum Gasteiger partial charge on any atom is 0.300 e. The van der Waals surface area contributed by atoms with Gasteiger partial charge < -0.3 is 20.2 Å². The van der Waals surface area contributed by atoms with Crippen LogP contribution in [0.2, 0.25) is 0 Å². The molecule has 1 amide bonds. The Kier molecular flexibility index (Phi) is 4.12. The SMILES string of the molecule is [C-]#[N+]c1nn(-c2ccc(OC)cc2)c2c1CCN(c1ccc(C3(N)CC3)cc1)C2=O. The number of benzene rings is 2. The summed E-state index contributed by atoms with van der Waals surface area (Å²) in [5.41, 5.74) is 9.88. The summed E-state index contributed by atoms with van der Waals surface area (Å²) in [5, 5.41) is 4.43. The van der Waals surface area contributed by atoms with Crippen molar-refractivity contribution in [1.82, 2.24) is 9.78 Å². The number of rotatable bonds is 4. The van der Waals surface area contributed by atoms with Crippen molar-refractivity contribution in [3.8, 4) is 11.4 Å². The molecular weight excluding hydrogens is 378 g/mol. The maximum atomic E-state index is 13.5. The van der Waals surface area contributed by atoms with Gasteiger partial charge >= 0.3 is 0 Å². The van der Waals surface area contributed by atoms with Gasteiger partial charge in [0, 0.05) is 23.3 Å². The quantitative estimate of drug-likeness (QED) is 0.680. The summed E-state index contributed by atoms with van der Waals surface area (Å²) in [5.74, 6) is 0.839. The molecule has 1 aliphatic heterocycles. The van der Waals surface area contributed by atoms with Crippen molar-refractivity contribution in [3.05, 3.63) is 76.8 Å². The van der Waals surface area contributed by atoms with Crippen LogP contribution in [-0.4, -0.2) is 29.3 Å². The minimum Gasteiger partial charge on any atom is -0.497 e. The van der Waals surface area contributed by atoms with E-state index in [-0.39, 0.29) is 17.3 Å². The standard InChI is InChI=1S/C23H21N5O2/c1-25-21-19-11-14-27(16-5-3-15(4-6-16)23(24)12-13-23)22(29)20(19)28(26-21)17-7-9-18(30-2)10-8-17/h3-10H,11-14,24H2,2H3. The minimum absolute atomic E-state index is 0.156. The molecule has 0 unspecified atom stereocenters. The first-order valence-corrected chi connectivity index (χ1v) is 9.89. The van der Waals surface area contributed by atoms with Gasteiger partial charge in [-0.15, -0.1) is 0 Å². The second-order valence-corrected chi connectivity index (χ2v) is 7.78. The lowest BCUT2D eigenvalue weighted by Gasteiger charge is -2.27.